The van der Waals surface area contributed by atoms with Crippen molar-refractivity contribution < 1.29 is 19.3 Å². The number of anilines is 1. The van der Waals surface area contributed by atoms with Crippen molar-refractivity contribution in [2.24, 2.45) is 5.92 Å². The van der Waals surface area contributed by atoms with Crippen molar-refractivity contribution in [1.29, 1.82) is 0 Å². The second-order valence-electron chi connectivity index (χ2n) is 6.41. The van der Waals surface area contributed by atoms with E-state index in [0.29, 0.717) is 23.3 Å². The predicted molar refractivity (Wildman–Crippen MR) is 99.0 cm³/mol. The highest BCUT2D eigenvalue weighted by molar-refractivity contribution is 5.99. The van der Waals surface area contributed by atoms with Gasteiger partial charge in [-0.2, -0.15) is 0 Å². The van der Waals surface area contributed by atoms with Crippen LogP contribution >= 0.6 is 0 Å². The van der Waals surface area contributed by atoms with Gasteiger partial charge in [-0.1, -0.05) is 36.4 Å². The van der Waals surface area contributed by atoms with Gasteiger partial charge in [0.15, 0.2) is 5.52 Å². The zero-order valence-corrected chi connectivity index (χ0v) is 14.8. The molecule has 0 unspecified atom stereocenters. The minimum atomic E-state index is -1.01. The molecule has 8 nitrogen and oxygen atoms in total. The maximum absolute atomic E-state index is 12.4. The van der Waals surface area contributed by atoms with Gasteiger partial charge in [-0.3, -0.25) is 9.59 Å². The van der Waals surface area contributed by atoms with Gasteiger partial charge < -0.3 is 15.3 Å². The summed E-state index contributed by atoms with van der Waals surface area (Å²) in [6, 6.07) is 14.8. The Hall–Kier alpha value is -3.26. The van der Waals surface area contributed by atoms with Crippen molar-refractivity contribution in [1.82, 2.24) is 15.2 Å². The Labute approximate surface area is 155 Å². The number of hydrogen-bond acceptors (Lipinski definition) is 6. The van der Waals surface area contributed by atoms with E-state index in [9.17, 15) is 14.7 Å². The molecular formula is C19H20N4O4. The van der Waals surface area contributed by atoms with Gasteiger partial charge in [0, 0.05) is 19.5 Å². The molecule has 1 atom stereocenters. The van der Waals surface area contributed by atoms with Crippen molar-refractivity contribution in [2.45, 2.75) is 13.0 Å². The average molecular weight is 368 g/mol. The van der Waals surface area contributed by atoms with Crippen LogP contribution in [-0.4, -0.2) is 45.8 Å². The van der Waals surface area contributed by atoms with Gasteiger partial charge in [0.25, 0.3) is 0 Å². The Balaban J connectivity index is 1.61. The molecule has 2 N–H and O–H groups in total. The molecule has 0 aliphatic rings. The van der Waals surface area contributed by atoms with Crippen LogP contribution in [0.2, 0.25) is 0 Å². The van der Waals surface area contributed by atoms with E-state index in [4.69, 9.17) is 0 Å². The number of hydrogen-bond donors (Lipinski definition) is 2. The zero-order valence-electron chi connectivity index (χ0n) is 14.8. The Bertz CT molecular complexity index is 926. The largest absolute Gasteiger partial charge is 0.481 e. The van der Waals surface area contributed by atoms with E-state index in [2.05, 4.69) is 20.3 Å². The molecule has 2 aromatic carbocycles. The minimum absolute atomic E-state index is 0.143. The highest BCUT2D eigenvalue weighted by atomic mass is 16.6. The van der Waals surface area contributed by atoms with E-state index in [0.717, 1.165) is 5.56 Å². The number of nitrogens with zero attached hydrogens (tertiary/aromatic N) is 3. The van der Waals surface area contributed by atoms with E-state index in [1.54, 1.807) is 18.2 Å². The second-order valence-corrected chi connectivity index (χ2v) is 6.41. The van der Waals surface area contributed by atoms with Gasteiger partial charge in [-0.25, -0.2) is 4.63 Å². The number of benzene rings is 2. The van der Waals surface area contributed by atoms with E-state index in [-0.39, 0.29) is 13.0 Å². The lowest BCUT2D eigenvalue weighted by molar-refractivity contribution is -0.144. The molecule has 140 valence electrons. The van der Waals surface area contributed by atoms with E-state index in [1.165, 1.54) is 0 Å². The lowest BCUT2D eigenvalue weighted by Gasteiger charge is -2.21. The van der Waals surface area contributed by atoms with Crippen LogP contribution in [0.25, 0.3) is 11.0 Å². The molecule has 3 aromatic rings. The molecular weight excluding hydrogens is 348 g/mol. The van der Waals surface area contributed by atoms with Gasteiger partial charge in [-0.05, 0) is 35.1 Å². The van der Waals surface area contributed by atoms with Crippen molar-refractivity contribution in [3.05, 3.63) is 54.1 Å². The normalized spacial score (nSPS) is 12.2. The molecule has 0 spiro atoms. The number of aliphatic carboxylic acids is 1. The third kappa shape index (κ3) is 4.89. The molecule has 1 aromatic heterocycles. The molecule has 27 heavy (non-hydrogen) atoms. The SMILES string of the molecule is CN(Cc1ccccc1)C[C@@H](CC(=O)Nc1cccc2nonc12)C(=O)O. The molecule has 0 saturated carbocycles. The lowest BCUT2D eigenvalue weighted by atomic mass is 10.0. The quantitative estimate of drug-likeness (QED) is 0.628. The number of aromatic nitrogens is 2. The van der Waals surface area contributed by atoms with Gasteiger partial charge in [0.2, 0.25) is 5.91 Å². The molecule has 0 aliphatic carbocycles. The maximum Gasteiger partial charge on any atom is 0.308 e. The summed E-state index contributed by atoms with van der Waals surface area (Å²) in [6.45, 7) is 0.865. The Kier molecular flexibility index (Phi) is 5.77. The number of carbonyl (C=O) groups excluding carboxylic acids is 1. The summed E-state index contributed by atoms with van der Waals surface area (Å²) < 4.78 is 4.66. The fraction of sp³-hybridized carbons (Fsp3) is 0.263. The van der Waals surface area contributed by atoms with Crippen LogP contribution in [0, 0.1) is 5.92 Å². The molecule has 1 amide bonds. The number of fused-ring (bicyclic) bond motifs is 1. The molecule has 8 heteroatoms. The number of nitrogens with one attached hydrogen (secondary N) is 1. The van der Waals surface area contributed by atoms with Crippen LogP contribution in [-0.2, 0) is 16.1 Å². The number of rotatable bonds is 8. The molecule has 0 bridgehead atoms. The number of carbonyl (C=O) groups is 2. The number of carboxylic acid groups (broad SMARTS) is 1. The second kappa shape index (κ2) is 8.41. The van der Waals surface area contributed by atoms with E-state index >= 15 is 0 Å². The molecule has 3 rings (SSSR count). The highest BCUT2D eigenvalue weighted by Gasteiger charge is 2.23. The van der Waals surface area contributed by atoms with Crippen LogP contribution < -0.4 is 5.32 Å². The summed E-state index contributed by atoms with van der Waals surface area (Å²) in [6.07, 6.45) is -0.143. The van der Waals surface area contributed by atoms with Crippen molar-refractivity contribution in [3.63, 3.8) is 0 Å². The minimum Gasteiger partial charge on any atom is -0.481 e. The fourth-order valence-electron chi connectivity index (χ4n) is 2.90. The Morgan fingerprint density at radius 2 is 1.93 bits per heavy atom. The van der Waals surface area contributed by atoms with Crippen LogP contribution in [0.3, 0.4) is 0 Å². The Morgan fingerprint density at radius 3 is 2.67 bits per heavy atom. The van der Waals surface area contributed by atoms with Gasteiger partial charge in [0.1, 0.15) is 5.52 Å². The van der Waals surface area contributed by atoms with Crippen molar-refractivity contribution in [3.8, 4) is 0 Å². The number of amides is 1. The van der Waals surface area contributed by atoms with Crippen LogP contribution in [0.1, 0.15) is 12.0 Å². The van der Waals surface area contributed by atoms with E-state index in [1.807, 2.05) is 42.3 Å². The summed E-state index contributed by atoms with van der Waals surface area (Å²) in [7, 11) is 1.84. The van der Waals surface area contributed by atoms with Gasteiger partial charge in [0.05, 0.1) is 11.6 Å². The number of carboxylic acids is 1. The fourth-order valence-corrected chi connectivity index (χ4v) is 2.90. The molecule has 1 heterocycles. The standard InChI is InChI=1S/C19H20N4O4/c1-23(11-13-6-3-2-4-7-13)12-14(19(25)26)10-17(24)20-15-8-5-9-16-18(15)22-27-21-16/h2-9,14H,10-12H2,1H3,(H,20,24)(H,25,26)/t14-/m1/s1. The van der Waals surface area contributed by atoms with Gasteiger partial charge >= 0.3 is 5.97 Å². The topological polar surface area (TPSA) is 109 Å². The summed E-state index contributed by atoms with van der Waals surface area (Å²) in [5.74, 6) is -2.23. The predicted octanol–water partition coefficient (Wildman–Crippen LogP) is 2.38. The monoisotopic (exact) mass is 368 g/mol. The highest BCUT2D eigenvalue weighted by Crippen LogP contribution is 2.20. The summed E-state index contributed by atoms with van der Waals surface area (Å²) in [5, 5.41) is 19.7. The molecule has 0 fully saturated rings. The zero-order chi connectivity index (χ0) is 19.2. The van der Waals surface area contributed by atoms with E-state index < -0.39 is 17.8 Å². The van der Waals surface area contributed by atoms with Crippen molar-refractivity contribution >= 4 is 28.6 Å². The van der Waals surface area contributed by atoms with Crippen LogP contribution in [0.15, 0.2) is 53.2 Å². The lowest BCUT2D eigenvalue weighted by Crippen LogP contribution is -2.33. The smallest absolute Gasteiger partial charge is 0.308 e. The molecule has 0 saturated heterocycles. The first kappa shape index (κ1) is 18.5. The third-order valence-electron chi connectivity index (χ3n) is 4.17. The van der Waals surface area contributed by atoms with Crippen LogP contribution in [0.5, 0.6) is 0 Å². The third-order valence-corrected chi connectivity index (χ3v) is 4.17. The molecule has 0 aliphatic heterocycles. The average Bonchev–Trinajstić information content (AvgIpc) is 3.11. The summed E-state index contributed by atoms with van der Waals surface area (Å²) in [4.78, 5) is 25.9. The Morgan fingerprint density at radius 1 is 1.15 bits per heavy atom. The first-order valence-electron chi connectivity index (χ1n) is 8.49. The molecule has 0 radical (unpaired) electrons. The van der Waals surface area contributed by atoms with Crippen LogP contribution in [0.4, 0.5) is 5.69 Å². The first-order chi connectivity index (χ1) is 13.0. The van der Waals surface area contributed by atoms with Crippen molar-refractivity contribution in [2.75, 3.05) is 18.9 Å². The summed E-state index contributed by atoms with van der Waals surface area (Å²) in [5.41, 5.74) is 2.48. The first-order valence-corrected chi connectivity index (χ1v) is 8.49. The van der Waals surface area contributed by atoms with Gasteiger partial charge in [-0.15, -0.1) is 0 Å². The summed E-state index contributed by atoms with van der Waals surface area (Å²) >= 11 is 0. The maximum atomic E-state index is 12.4.